The summed E-state index contributed by atoms with van der Waals surface area (Å²) in [4.78, 5) is 11.8. The van der Waals surface area contributed by atoms with E-state index in [1.165, 1.54) is 16.7 Å². The van der Waals surface area contributed by atoms with Gasteiger partial charge in [0.2, 0.25) is 10.0 Å². The fourth-order valence-electron chi connectivity index (χ4n) is 2.14. The second-order valence-corrected chi connectivity index (χ2v) is 6.33. The standard InChI is InChI=1S/C11H17N3O4S/c1-2-18-11(15)9-4-3-5-14(8-9)19(16,17)10-6-12-13-7-10/h6-7,9H,2-5,8H2,1H3,(H,12,13). The Morgan fingerprint density at radius 2 is 2.42 bits per heavy atom. The molecule has 1 saturated heterocycles. The predicted molar refractivity (Wildman–Crippen MR) is 66.7 cm³/mol. The summed E-state index contributed by atoms with van der Waals surface area (Å²) in [5.41, 5.74) is 0. The first-order valence-corrected chi connectivity index (χ1v) is 7.65. The van der Waals surface area contributed by atoms with Crippen molar-refractivity contribution in [3.05, 3.63) is 12.4 Å². The van der Waals surface area contributed by atoms with Crippen molar-refractivity contribution in [2.45, 2.75) is 24.7 Å². The van der Waals surface area contributed by atoms with Gasteiger partial charge in [-0.1, -0.05) is 0 Å². The molecule has 0 radical (unpaired) electrons. The number of esters is 1. The van der Waals surface area contributed by atoms with Gasteiger partial charge in [-0.15, -0.1) is 0 Å². The number of aromatic amines is 1. The Balaban J connectivity index is 2.11. The van der Waals surface area contributed by atoms with Crippen LogP contribution in [0.5, 0.6) is 0 Å². The summed E-state index contributed by atoms with van der Waals surface area (Å²) >= 11 is 0. The lowest BCUT2D eigenvalue weighted by Crippen LogP contribution is -2.42. The number of piperidine rings is 1. The Morgan fingerprint density at radius 3 is 3.05 bits per heavy atom. The number of ether oxygens (including phenoxy) is 1. The number of aromatic nitrogens is 2. The molecule has 106 valence electrons. The SMILES string of the molecule is CCOC(=O)C1CCCN(S(=O)(=O)c2cn[nH]c2)C1. The molecule has 8 heteroatoms. The van der Waals surface area contributed by atoms with Crippen LogP contribution in [0.4, 0.5) is 0 Å². The van der Waals surface area contributed by atoms with E-state index >= 15 is 0 Å². The minimum atomic E-state index is -3.57. The Kier molecular flexibility index (Phi) is 4.20. The summed E-state index contributed by atoms with van der Waals surface area (Å²) in [6, 6.07) is 0. The van der Waals surface area contributed by atoms with Crippen molar-refractivity contribution in [2.24, 2.45) is 5.92 Å². The molecule has 2 heterocycles. The van der Waals surface area contributed by atoms with Crippen LogP contribution in [0.1, 0.15) is 19.8 Å². The molecule has 1 N–H and O–H groups in total. The molecule has 1 unspecified atom stereocenters. The van der Waals surface area contributed by atoms with E-state index in [1.807, 2.05) is 0 Å². The van der Waals surface area contributed by atoms with E-state index in [4.69, 9.17) is 4.74 Å². The number of hydrogen-bond acceptors (Lipinski definition) is 5. The van der Waals surface area contributed by atoms with Crippen molar-refractivity contribution in [3.63, 3.8) is 0 Å². The average Bonchev–Trinajstić information content (AvgIpc) is 2.94. The second kappa shape index (κ2) is 5.70. The maximum Gasteiger partial charge on any atom is 0.310 e. The molecule has 0 bridgehead atoms. The van der Waals surface area contributed by atoms with E-state index in [0.29, 0.717) is 26.0 Å². The third kappa shape index (κ3) is 2.95. The first kappa shape index (κ1) is 14.0. The van der Waals surface area contributed by atoms with Crippen LogP contribution in [0, 0.1) is 5.92 Å². The Hall–Kier alpha value is -1.41. The van der Waals surface area contributed by atoms with E-state index in [1.54, 1.807) is 6.92 Å². The van der Waals surface area contributed by atoms with Gasteiger partial charge >= 0.3 is 5.97 Å². The number of H-pyrrole nitrogens is 1. The number of carbonyl (C=O) groups is 1. The van der Waals surface area contributed by atoms with Gasteiger partial charge in [-0.25, -0.2) is 8.42 Å². The molecule has 0 aliphatic carbocycles. The molecule has 19 heavy (non-hydrogen) atoms. The van der Waals surface area contributed by atoms with Gasteiger partial charge in [0, 0.05) is 19.3 Å². The summed E-state index contributed by atoms with van der Waals surface area (Å²) in [6.07, 6.45) is 3.92. The van der Waals surface area contributed by atoms with Crippen molar-refractivity contribution in [3.8, 4) is 0 Å². The molecule has 1 aromatic heterocycles. The van der Waals surface area contributed by atoms with Crippen molar-refractivity contribution in [2.75, 3.05) is 19.7 Å². The van der Waals surface area contributed by atoms with Gasteiger partial charge in [0.05, 0.1) is 18.7 Å². The highest BCUT2D eigenvalue weighted by Gasteiger charge is 2.34. The first-order valence-electron chi connectivity index (χ1n) is 6.21. The van der Waals surface area contributed by atoms with E-state index in [9.17, 15) is 13.2 Å². The lowest BCUT2D eigenvalue weighted by Gasteiger charge is -2.30. The lowest BCUT2D eigenvalue weighted by atomic mass is 10.0. The number of rotatable bonds is 4. The number of nitrogens with one attached hydrogen (secondary N) is 1. The quantitative estimate of drug-likeness (QED) is 0.808. The van der Waals surface area contributed by atoms with Crippen LogP contribution >= 0.6 is 0 Å². The van der Waals surface area contributed by atoms with Gasteiger partial charge in [-0.3, -0.25) is 9.89 Å². The molecule has 1 fully saturated rings. The van der Waals surface area contributed by atoms with Crippen LogP contribution in [0.2, 0.25) is 0 Å². The fourth-order valence-corrected chi connectivity index (χ4v) is 3.57. The lowest BCUT2D eigenvalue weighted by molar-refractivity contribution is -0.149. The Labute approximate surface area is 112 Å². The second-order valence-electron chi connectivity index (χ2n) is 4.39. The minimum Gasteiger partial charge on any atom is -0.466 e. The summed E-state index contributed by atoms with van der Waals surface area (Å²) < 4.78 is 30.9. The highest BCUT2D eigenvalue weighted by molar-refractivity contribution is 7.89. The van der Waals surface area contributed by atoms with Gasteiger partial charge in [-0.05, 0) is 19.8 Å². The molecule has 1 aliphatic rings. The zero-order valence-corrected chi connectivity index (χ0v) is 11.5. The monoisotopic (exact) mass is 287 g/mol. The van der Waals surface area contributed by atoms with Crippen LogP contribution in [-0.4, -0.2) is 48.6 Å². The summed E-state index contributed by atoms with van der Waals surface area (Å²) in [5, 5.41) is 6.13. The van der Waals surface area contributed by atoms with Crippen LogP contribution in [0.15, 0.2) is 17.3 Å². The minimum absolute atomic E-state index is 0.122. The largest absolute Gasteiger partial charge is 0.466 e. The highest BCUT2D eigenvalue weighted by atomic mass is 32.2. The first-order chi connectivity index (χ1) is 9.05. The predicted octanol–water partition coefficient (Wildman–Crippen LogP) is 0.373. The number of carbonyl (C=O) groups excluding carboxylic acids is 1. The van der Waals surface area contributed by atoms with Gasteiger partial charge in [0.25, 0.3) is 0 Å². The number of sulfonamides is 1. The van der Waals surface area contributed by atoms with Crippen molar-refractivity contribution >= 4 is 16.0 Å². The molecule has 0 aromatic carbocycles. The maximum atomic E-state index is 12.3. The molecule has 2 rings (SSSR count). The van der Waals surface area contributed by atoms with Crippen LogP contribution in [0.3, 0.4) is 0 Å². The smallest absolute Gasteiger partial charge is 0.310 e. The molecular formula is C11H17N3O4S. The molecule has 1 atom stereocenters. The molecule has 7 nitrogen and oxygen atoms in total. The van der Waals surface area contributed by atoms with Crippen LogP contribution in [-0.2, 0) is 19.6 Å². The van der Waals surface area contributed by atoms with E-state index < -0.39 is 10.0 Å². The van der Waals surface area contributed by atoms with Gasteiger partial charge in [0.1, 0.15) is 4.90 Å². The zero-order chi connectivity index (χ0) is 13.9. The van der Waals surface area contributed by atoms with Crippen LogP contribution < -0.4 is 0 Å². The van der Waals surface area contributed by atoms with Gasteiger partial charge < -0.3 is 4.74 Å². The van der Waals surface area contributed by atoms with E-state index in [0.717, 1.165) is 0 Å². The van der Waals surface area contributed by atoms with Gasteiger partial charge in [-0.2, -0.15) is 9.40 Å². The molecule has 1 aromatic rings. The molecule has 0 spiro atoms. The van der Waals surface area contributed by atoms with E-state index in [2.05, 4.69) is 10.2 Å². The molecule has 1 aliphatic heterocycles. The molecule has 0 amide bonds. The average molecular weight is 287 g/mol. The van der Waals surface area contributed by atoms with E-state index in [-0.39, 0.29) is 23.3 Å². The Bertz CT molecular complexity index is 526. The number of hydrogen-bond donors (Lipinski definition) is 1. The summed E-state index contributed by atoms with van der Waals surface area (Å²) in [5.74, 6) is -0.704. The van der Waals surface area contributed by atoms with Crippen molar-refractivity contribution in [1.29, 1.82) is 0 Å². The highest BCUT2D eigenvalue weighted by Crippen LogP contribution is 2.23. The number of nitrogens with zero attached hydrogens (tertiary/aromatic N) is 2. The van der Waals surface area contributed by atoms with Gasteiger partial charge in [0.15, 0.2) is 0 Å². The summed E-state index contributed by atoms with van der Waals surface area (Å²) in [6.45, 7) is 2.64. The zero-order valence-electron chi connectivity index (χ0n) is 10.7. The van der Waals surface area contributed by atoms with Crippen LogP contribution in [0.25, 0.3) is 0 Å². The molecular weight excluding hydrogens is 270 g/mol. The third-order valence-electron chi connectivity index (χ3n) is 3.11. The third-order valence-corrected chi connectivity index (χ3v) is 4.95. The fraction of sp³-hybridized carbons (Fsp3) is 0.636. The summed E-state index contributed by atoms with van der Waals surface area (Å²) in [7, 11) is -3.57. The van der Waals surface area contributed by atoms with Crippen molar-refractivity contribution in [1.82, 2.24) is 14.5 Å². The topological polar surface area (TPSA) is 92.4 Å². The van der Waals surface area contributed by atoms with Crippen molar-refractivity contribution < 1.29 is 17.9 Å². The Morgan fingerprint density at radius 1 is 1.63 bits per heavy atom. The molecule has 0 saturated carbocycles. The maximum absolute atomic E-state index is 12.3. The normalized spacial score (nSPS) is 21.2.